The van der Waals surface area contributed by atoms with Crippen LogP contribution < -0.4 is 0 Å². The third-order valence-corrected chi connectivity index (χ3v) is 3.54. The first kappa shape index (κ1) is 13.1. The number of fused-ring (bicyclic) bond motifs is 1. The molecule has 0 N–H and O–H groups in total. The summed E-state index contributed by atoms with van der Waals surface area (Å²) in [5, 5.41) is 0. The summed E-state index contributed by atoms with van der Waals surface area (Å²) >= 11 is 0. The van der Waals surface area contributed by atoms with Crippen molar-refractivity contribution < 1.29 is 14.3 Å². The maximum atomic E-state index is 11.9. The molecule has 0 spiro atoms. The summed E-state index contributed by atoms with van der Waals surface area (Å²) < 4.78 is 11.3. The molecule has 18 heavy (non-hydrogen) atoms. The zero-order valence-corrected chi connectivity index (χ0v) is 11.1. The van der Waals surface area contributed by atoms with Gasteiger partial charge in [-0.15, -0.1) is 6.58 Å². The van der Waals surface area contributed by atoms with Crippen LogP contribution in [0.2, 0.25) is 0 Å². The van der Waals surface area contributed by atoms with Crippen molar-refractivity contribution in [3.8, 4) is 0 Å². The number of allylic oxidation sites excluding steroid dienone is 3. The van der Waals surface area contributed by atoms with Gasteiger partial charge in [0.05, 0.1) is 0 Å². The molecule has 0 saturated carbocycles. The topological polar surface area (TPSA) is 35.5 Å². The molecule has 1 aliphatic carbocycles. The van der Waals surface area contributed by atoms with Crippen LogP contribution in [0.15, 0.2) is 36.1 Å². The zero-order chi connectivity index (χ0) is 13.2. The van der Waals surface area contributed by atoms with Crippen LogP contribution in [0.25, 0.3) is 0 Å². The van der Waals surface area contributed by atoms with Gasteiger partial charge in [-0.05, 0) is 26.7 Å². The van der Waals surface area contributed by atoms with Gasteiger partial charge in [-0.1, -0.05) is 17.7 Å². The third kappa shape index (κ3) is 2.41. The Morgan fingerprint density at radius 1 is 1.61 bits per heavy atom. The molecule has 0 aromatic rings. The molecule has 1 saturated heterocycles. The van der Waals surface area contributed by atoms with Crippen LogP contribution in [-0.4, -0.2) is 18.2 Å². The third-order valence-electron chi connectivity index (χ3n) is 3.54. The van der Waals surface area contributed by atoms with Crippen LogP contribution in [0, 0.1) is 5.92 Å². The van der Waals surface area contributed by atoms with E-state index in [4.69, 9.17) is 9.47 Å². The second-order valence-electron chi connectivity index (χ2n) is 5.22. The molecule has 98 valence electrons. The van der Waals surface area contributed by atoms with Gasteiger partial charge in [0, 0.05) is 18.4 Å². The van der Waals surface area contributed by atoms with E-state index in [0.29, 0.717) is 18.6 Å². The molecule has 3 nitrogen and oxygen atoms in total. The summed E-state index contributed by atoms with van der Waals surface area (Å²) in [5.41, 5.74) is 0.815. The van der Waals surface area contributed by atoms with Crippen molar-refractivity contribution in [1.82, 2.24) is 0 Å². The molecule has 1 aliphatic heterocycles. The highest BCUT2D eigenvalue weighted by molar-refractivity contribution is 5.93. The van der Waals surface area contributed by atoms with Crippen LogP contribution in [0.3, 0.4) is 0 Å². The SMILES string of the molecule is C=CC[C@H]1C[C@]2(CC=C(C)C)OCOC2=CC1=O. The predicted molar refractivity (Wildman–Crippen MR) is 69.8 cm³/mol. The van der Waals surface area contributed by atoms with Crippen LogP contribution >= 0.6 is 0 Å². The van der Waals surface area contributed by atoms with E-state index in [1.54, 1.807) is 12.2 Å². The number of rotatable bonds is 4. The molecule has 1 heterocycles. The molecular weight excluding hydrogens is 228 g/mol. The van der Waals surface area contributed by atoms with Crippen molar-refractivity contribution in [3.05, 3.63) is 36.1 Å². The van der Waals surface area contributed by atoms with Crippen molar-refractivity contribution in [2.24, 2.45) is 5.92 Å². The molecule has 0 amide bonds. The number of ether oxygens (including phenoxy) is 2. The van der Waals surface area contributed by atoms with Gasteiger partial charge in [-0.25, -0.2) is 0 Å². The van der Waals surface area contributed by atoms with Crippen LogP contribution in [-0.2, 0) is 14.3 Å². The molecule has 0 unspecified atom stereocenters. The first-order valence-corrected chi connectivity index (χ1v) is 6.34. The Morgan fingerprint density at radius 2 is 2.39 bits per heavy atom. The highest BCUT2D eigenvalue weighted by Gasteiger charge is 2.47. The van der Waals surface area contributed by atoms with E-state index < -0.39 is 5.60 Å². The molecular formula is C15H20O3. The van der Waals surface area contributed by atoms with Gasteiger partial charge in [0.25, 0.3) is 0 Å². The van der Waals surface area contributed by atoms with Crippen molar-refractivity contribution in [3.63, 3.8) is 0 Å². The molecule has 3 heteroatoms. The summed E-state index contributed by atoms with van der Waals surface area (Å²) in [4.78, 5) is 11.9. The Balaban J connectivity index is 2.26. The Morgan fingerprint density at radius 3 is 3.06 bits per heavy atom. The second-order valence-corrected chi connectivity index (χ2v) is 5.22. The average molecular weight is 248 g/mol. The monoisotopic (exact) mass is 248 g/mol. The fraction of sp³-hybridized carbons (Fsp3) is 0.533. The fourth-order valence-electron chi connectivity index (χ4n) is 2.50. The lowest BCUT2D eigenvalue weighted by Crippen LogP contribution is -2.38. The smallest absolute Gasteiger partial charge is 0.189 e. The summed E-state index contributed by atoms with van der Waals surface area (Å²) in [6, 6.07) is 0. The van der Waals surface area contributed by atoms with Crippen molar-refractivity contribution in [2.45, 2.75) is 38.7 Å². The lowest BCUT2D eigenvalue weighted by atomic mass is 9.77. The van der Waals surface area contributed by atoms with Gasteiger partial charge >= 0.3 is 0 Å². The summed E-state index contributed by atoms with van der Waals surface area (Å²) in [5.74, 6) is 0.798. The number of carbonyl (C=O) groups excluding carboxylic acids is 1. The second kappa shape index (κ2) is 5.11. The molecule has 0 bridgehead atoms. The minimum Gasteiger partial charge on any atom is -0.469 e. The minimum atomic E-state index is -0.432. The largest absolute Gasteiger partial charge is 0.469 e. The van der Waals surface area contributed by atoms with E-state index in [1.807, 2.05) is 0 Å². The molecule has 0 aromatic carbocycles. The van der Waals surface area contributed by atoms with E-state index in [-0.39, 0.29) is 18.5 Å². The van der Waals surface area contributed by atoms with Crippen molar-refractivity contribution in [2.75, 3.05) is 6.79 Å². The van der Waals surface area contributed by atoms with E-state index in [1.165, 1.54) is 5.57 Å². The lowest BCUT2D eigenvalue weighted by molar-refractivity contribution is -0.121. The van der Waals surface area contributed by atoms with E-state index in [0.717, 1.165) is 6.42 Å². The first-order valence-electron chi connectivity index (χ1n) is 6.34. The van der Waals surface area contributed by atoms with Gasteiger partial charge in [0.1, 0.15) is 11.4 Å². The summed E-state index contributed by atoms with van der Waals surface area (Å²) in [6.45, 7) is 8.08. The molecule has 0 aromatic heterocycles. The number of hydrogen-bond donors (Lipinski definition) is 0. The summed E-state index contributed by atoms with van der Waals surface area (Å²) in [7, 11) is 0. The highest BCUT2D eigenvalue weighted by Crippen LogP contribution is 2.43. The van der Waals surface area contributed by atoms with E-state index in [2.05, 4.69) is 26.5 Å². The maximum Gasteiger partial charge on any atom is 0.189 e. The van der Waals surface area contributed by atoms with Gasteiger partial charge in [-0.3, -0.25) is 4.79 Å². The number of carbonyl (C=O) groups is 1. The molecule has 2 atom stereocenters. The lowest BCUT2D eigenvalue weighted by Gasteiger charge is -2.32. The number of hydrogen-bond acceptors (Lipinski definition) is 3. The van der Waals surface area contributed by atoms with Gasteiger partial charge in [0.15, 0.2) is 12.6 Å². The van der Waals surface area contributed by atoms with Crippen LogP contribution in [0.4, 0.5) is 0 Å². The Hall–Kier alpha value is -1.35. The predicted octanol–water partition coefficient (Wildman–Crippen LogP) is 3.13. The number of ketones is 1. The van der Waals surface area contributed by atoms with Gasteiger partial charge < -0.3 is 9.47 Å². The molecule has 0 radical (unpaired) electrons. The van der Waals surface area contributed by atoms with Crippen molar-refractivity contribution in [1.29, 1.82) is 0 Å². The maximum absolute atomic E-state index is 11.9. The Kier molecular flexibility index (Phi) is 3.71. The standard InChI is InChI=1S/C15H20O3/c1-4-5-12-9-15(7-6-11(2)3)14(8-13(12)16)17-10-18-15/h4,6,8,12H,1,5,7,9-10H2,2-3H3/t12-,15-/m0/s1. The molecule has 2 aliphatic rings. The summed E-state index contributed by atoms with van der Waals surface area (Å²) in [6.07, 6.45) is 7.71. The van der Waals surface area contributed by atoms with Crippen molar-refractivity contribution >= 4 is 5.78 Å². The first-order chi connectivity index (χ1) is 8.57. The normalized spacial score (nSPS) is 30.2. The fourth-order valence-corrected chi connectivity index (χ4v) is 2.50. The Labute approximate surface area is 108 Å². The minimum absolute atomic E-state index is 0.0292. The van der Waals surface area contributed by atoms with Crippen LogP contribution in [0.1, 0.15) is 33.1 Å². The van der Waals surface area contributed by atoms with Gasteiger partial charge in [0.2, 0.25) is 0 Å². The average Bonchev–Trinajstić information content (AvgIpc) is 2.71. The molecule has 2 rings (SSSR count). The Bertz CT molecular complexity index is 415. The van der Waals surface area contributed by atoms with E-state index >= 15 is 0 Å². The van der Waals surface area contributed by atoms with E-state index in [9.17, 15) is 4.79 Å². The highest BCUT2D eigenvalue weighted by atomic mass is 16.7. The zero-order valence-electron chi connectivity index (χ0n) is 11.1. The van der Waals surface area contributed by atoms with Crippen LogP contribution in [0.5, 0.6) is 0 Å². The molecule has 1 fully saturated rings. The van der Waals surface area contributed by atoms with Gasteiger partial charge in [-0.2, -0.15) is 0 Å². The quantitative estimate of drug-likeness (QED) is 0.717.